The van der Waals surface area contributed by atoms with Gasteiger partial charge in [0.25, 0.3) is 0 Å². The van der Waals surface area contributed by atoms with Crippen LogP contribution < -0.4 is 5.32 Å². The maximum atomic E-state index is 9.79. The Morgan fingerprint density at radius 2 is 1.79 bits per heavy atom. The number of aliphatic hydroxyl groups excluding tert-OH is 1. The fraction of sp³-hybridized carbons (Fsp3) is 1.00. The number of rotatable bonds is 13. The van der Waals surface area contributed by atoms with Crippen molar-refractivity contribution in [3.63, 3.8) is 0 Å². The quantitative estimate of drug-likeness (QED) is 0.506. The molecule has 0 aromatic heterocycles. The Hall–Kier alpha value is -0.120. The number of nitrogens with one attached hydrogen (secondary N) is 1. The smallest absolute Gasteiger partial charge is 0.0897 e. The Labute approximate surface area is 120 Å². The van der Waals surface area contributed by atoms with Gasteiger partial charge in [-0.05, 0) is 32.1 Å². The van der Waals surface area contributed by atoms with E-state index in [0.717, 1.165) is 18.9 Å². The van der Waals surface area contributed by atoms with Crippen LogP contribution in [0.15, 0.2) is 0 Å². The Kier molecular flexibility index (Phi) is 12.8. The molecule has 0 amide bonds. The standard InChI is InChI=1S/C16H35NO2/c1-5-6-7-8-11-19-13-16(18)12-17-15(4)10-9-14(2)3/h14-18H,5-13H2,1-4H3/t15-,16+/m1/s1. The number of hydrogen-bond donors (Lipinski definition) is 2. The van der Waals surface area contributed by atoms with Gasteiger partial charge < -0.3 is 15.2 Å². The van der Waals surface area contributed by atoms with Crippen molar-refractivity contribution >= 4 is 0 Å². The average molecular weight is 273 g/mol. The summed E-state index contributed by atoms with van der Waals surface area (Å²) in [6, 6.07) is 0.474. The normalized spacial score (nSPS) is 14.8. The Bertz CT molecular complexity index is 186. The summed E-state index contributed by atoms with van der Waals surface area (Å²) in [6.45, 7) is 10.7. The maximum Gasteiger partial charge on any atom is 0.0897 e. The van der Waals surface area contributed by atoms with Crippen molar-refractivity contribution in [3.05, 3.63) is 0 Å². The predicted octanol–water partition coefficient (Wildman–Crippen LogP) is 3.36. The first-order valence-corrected chi connectivity index (χ1v) is 8.05. The van der Waals surface area contributed by atoms with E-state index in [9.17, 15) is 5.11 Å². The average Bonchev–Trinajstić information content (AvgIpc) is 2.38. The Morgan fingerprint density at radius 1 is 1.05 bits per heavy atom. The molecule has 0 aliphatic heterocycles. The van der Waals surface area contributed by atoms with Crippen molar-refractivity contribution in [1.82, 2.24) is 5.32 Å². The monoisotopic (exact) mass is 273 g/mol. The first-order valence-electron chi connectivity index (χ1n) is 8.05. The third kappa shape index (κ3) is 14.1. The van der Waals surface area contributed by atoms with Crippen molar-refractivity contribution in [2.75, 3.05) is 19.8 Å². The van der Waals surface area contributed by atoms with Crippen molar-refractivity contribution in [2.45, 2.75) is 78.4 Å². The van der Waals surface area contributed by atoms with Crippen molar-refractivity contribution in [1.29, 1.82) is 0 Å². The molecule has 3 heteroatoms. The van der Waals surface area contributed by atoms with Gasteiger partial charge in [-0.25, -0.2) is 0 Å². The lowest BCUT2D eigenvalue weighted by atomic mass is 10.0. The maximum absolute atomic E-state index is 9.79. The van der Waals surface area contributed by atoms with E-state index in [0.29, 0.717) is 19.2 Å². The van der Waals surface area contributed by atoms with Gasteiger partial charge in [0.2, 0.25) is 0 Å². The number of aliphatic hydroxyl groups is 1. The Balaban J connectivity index is 3.35. The van der Waals surface area contributed by atoms with Crippen LogP contribution in [0.4, 0.5) is 0 Å². The lowest BCUT2D eigenvalue weighted by Gasteiger charge is -2.18. The van der Waals surface area contributed by atoms with E-state index in [-0.39, 0.29) is 6.10 Å². The van der Waals surface area contributed by atoms with Gasteiger partial charge in [-0.3, -0.25) is 0 Å². The number of hydrogen-bond acceptors (Lipinski definition) is 3. The molecule has 0 saturated heterocycles. The molecule has 2 N–H and O–H groups in total. The highest BCUT2D eigenvalue weighted by Gasteiger charge is 2.07. The molecule has 0 aromatic rings. The SMILES string of the molecule is CCCCCCOC[C@@H](O)CN[C@H](C)CCC(C)C. The van der Waals surface area contributed by atoms with E-state index in [1.54, 1.807) is 0 Å². The number of unbranched alkanes of at least 4 members (excludes halogenated alkanes) is 3. The van der Waals surface area contributed by atoms with Crippen LogP contribution in [0.2, 0.25) is 0 Å². The third-order valence-corrected chi connectivity index (χ3v) is 3.33. The van der Waals surface area contributed by atoms with Crippen LogP contribution >= 0.6 is 0 Å². The zero-order valence-corrected chi connectivity index (χ0v) is 13.5. The first kappa shape index (κ1) is 18.9. The highest BCUT2D eigenvalue weighted by molar-refractivity contribution is 4.66. The summed E-state index contributed by atoms with van der Waals surface area (Å²) in [5.74, 6) is 0.751. The van der Waals surface area contributed by atoms with E-state index >= 15 is 0 Å². The molecule has 0 unspecified atom stereocenters. The second-order valence-corrected chi connectivity index (χ2v) is 6.07. The van der Waals surface area contributed by atoms with Gasteiger partial charge in [-0.15, -0.1) is 0 Å². The minimum absolute atomic E-state index is 0.382. The summed E-state index contributed by atoms with van der Waals surface area (Å²) < 4.78 is 5.48. The summed E-state index contributed by atoms with van der Waals surface area (Å²) in [5, 5.41) is 13.2. The van der Waals surface area contributed by atoms with Crippen LogP contribution in [0.25, 0.3) is 0 Å². The van der Waals surface area contributed by atoms with Gasteiger partial charge in [-0.2, -0.15) is 0 Å². The van der Waals surface area contributed by atoms with Crippen LogP contribution in [0, 0.1) is 5.92 Å². The highest BCUT2D eigenvalue weighted by atomic mass is 16.5. The van der Waals surface area contributed by atoms with Gasteiger partial charge >= 0.3 is 0 Å². The summed E-state index contributed by atoms with van der Waals surface area (Å²) in [4.78, 5) is 0. The second-order valence-electron chi connectivity index (χ2n) is 6.07. The van der Waals surface area contributed by atoms with Crippen LogP contribution in [0.1, 0.15) is 66.2 Å². The minimum atomic E-state index is -0.382. The summed E-state index contributed by atoms with van der Waals surface area (Å²) >= 11 is 0. The predicted molar refractivity (Wildman–Crippen MR) is 82.5 cm³/mol. The molecule has 0 aromatic carbocycles. The molecule has 0 radical (unpaired) electrons. The first-order chi connectivity index (χ1) is 9.06. The highest BCUT2D eigenvalue weighted by Crippen LogP contribution is 2.06. The van der Waals surface area contributed by atoms with Crippen molar-refractivity contribution in [3.8, 4) is 0 Å². The van der Waals surface area contributed by atoms with Gasteiger partial charge in [0.1, 0.15) is 0 Å². The van der Waals surface area contributed by atoms with Crippen LogP contribution in [0.3, 0.4) is 0 Å². The van der Waals surface area contributed by atoms with Gasteiger partial charge in [-0.1, -0.05) is 40.0 Å². The molecule has 3 nitrogen and oxygen atoms in total. The van der Waals surface area contributed by atoms with E-state index < -0.39 is 0 Å². The fourth-order valence-corrected chi connectivity index (χ4v) is 1.93. The van der Waals surface area contributed by atoms with E-state index in [1.807, 2.05) is 0 Å². The van der Waals surface area contributed by atoms with E-state index in [4.69, 9.17) is 4.74 Å². The molecule has 0 bridgehead atoms. The van der Waals surface area contributed by atoms with Crippen LogP contribution in [0.5, 0.6) is 0 Å². The largest absolute Gasteiger partial charge is 0.389 e. The third-order valence-electron chi connectivity index (χ3n) is 3.33. The molecule has 19 heavy (non-hydrogen) atoms. The topological polar surface area (TPSA) is 41.5 Å². The molecule has 0 aliphatic carbocycles. The van der Waals surface area contributed by atoms with Crippen LogP contribution in [-0.2, 0) is 4.74 Å². The summed E-state index contributed by atoms with van der Waals surface area (Å²) in [7, 11) is 0. The fourth-order valence-electron chi connectivity index (χ4n) is 1.93. The second kappa shape index (κ2) is 12.9. The lowest BCUT2D eigenvalue weighted by molar-refractivity contribution is 0.0342. The summed E-state index contributed by atoms with van der Waals surface area (Å²) in [5.41, 5.74) is 0. The molecule has 2 atom stereocenters. The molecule has 0 saturated carbocycles. The molecule has 0 rings (SSSR count). The molecule has 0 spiro atoms. The zero-order chi connectivity index (χ0) is 14.5. The van der Waals surface area contributed by atoms with Crippen LogP contribution in [-0.4, -0.2) is 37.0 Å². The molecule has 116 valence electrons. The van der Waals surface area contributed by atoms with E-state index in [1.165, 1.54) is 32.1 Å². The van der Waals surface area contributed by atoms with Crippen molar-refractivity contribution in [2.24, 2.45) is 5.92 Å². The molecular weight excluding hydrogens is 238 g/mol. The van der Waals surface area contributed by atoms with Gasteiger partial charge in [0.05, 0.1) is 12.7 Å². The van der Waals surface area contributed by atoms with Gasteiger partial charge in [0.15, 0.2) is 0 Å². The zero-order valence-electron chi connectivity index (χ0n) is 13.5. The Morgan fingerprint density at radius 3 is 2.42 bits per heavy atom. The lowest BCUT2D eigenvalue weighted by Crippen LogP contribution is -2.36. The van der Waals surface area contributed by atoms with Gasteiger partial charge in [0, 0.05) is 19.2 Å². The van der Waals surface area contributed by atoms with Crippen molar-refractivity contribution < 1.29 is 9.84 Å². The molecule has 0 aliphatic rings. The van der Waals surface area contributed by atoms with E-state index in [2.05, 4.69) is 33.0 Å². The minimum Gasteiger partial charge on any atom is -0.389 e. The summed E-state index contributed by atoms with van der Waals surface area (Å²) in [6.07, 6.45) is 6.89. The molecule has 0 heterocycles. The number of ether oxygens (including phenoxy) is 1. The molecule has 0 fully saturated rings. The molecular formula is C16H35NO2.